The van der Waals surface area contributed by atoms with Crippen molar-refractivity contribution in [1.29, 1.82) is 0 Å². The Morgan fingerprint density at radius 1 is 1.19 bits per heavy atom. The van der Waals surface area contributed by atoms with Crippen molar-refractivity contribution in [3.05, 3.63) is 52.7 Å². The van der Waals surface area contributed by atoms with E-state index in [1.165, 1.54) is 24.3 Å². The van der Waals surface area contributed by atoms with Crippen molar-refractivity contribution in [2.45, 2.75) is 63.8 Å². The quantitative estimate of drug-likeness (QED) is 0.246. The second kappa shape index (κ2) is 10.1. The number of rotatable bonds is 5. The van der Waals surface area contributed by atoms with Gasteiger partial charge in [0.05, 0.1) is 17.0 Å². The van der Waals surface area contributed by atoms with Crippen molar-refractivity contribution < 1.29 is 23.4 Å². The number of phenolic OH excluding ortho intramolecular Hbond substituents is 1. The molecule has 2 bridgehead atoms. The lowest BCUT2D eigenvalue weighted by Crippen LogP contribution is -2.62. The molecule has 3 aliphatic rings. The molecule has 2 aromatic carbocycles. The van der Waals surface area contributed by atoms with E-state index in [0.717, 1.165) is 31.5 Å². The summed E-state index contributed by atoms with van der Waals surface area (Å²) in [5.74, 6) is 2.06. The number of aromatic hydroxyl groups is 1. The average molecular weight is 571 g/mol. The van der Waals surface area contributed by atoms with Gasteiger partial charge in [-0.15, -0.1) is 6.42 Å². The first-order chi connectivity index (χ1) is 20.3. The van der Waals surface area contributed by atoms with Crippen molar-refractivity contribution in [2.24, 2.45) is 0 Å². The number of pyridine rings is 2. The molecule has 3 aliphatic heterocycles. The summed E-state index contributed by atoms with van der Waals surface area (Å²) in [4.78, 5) is 12.2. The lowest BCUT2D eigenvalue weighted by atomic mass is 9.94. The number of methoxy groups -OCH3 is 1. The number of hydrogen-bond donors (Lipinski definition) is 2. The van der Waals surface area contributed by atoms with E-state index in [4.69, 9.17) is 25.9 Å². The Kier molecular flexibility index (Phi) is 6.44. The standard InChI is InChI=1S/C33H32F2N4O3/c1-5-21-23(34)10-8-18-13-20(40)14-22(27(18)21)30-29(35)26-16(2)24(7-6-12-41-4)37-32-28(26)33(38-30)42-17(3)31-25-11-9-19(36-25)15-39(31)32/h1,8,10,13-14,17,19,25,31,36,40H,6-7,9,11-12,15H2,2-4H3/t17-,19+,25-,31+/m0/s1. The van der Waals surface area contributed by atoms with Gasteiger partial charge in [0.1, 0.15) is 29.2 Å². The number of anilines is 1. The highest BCUT2D eigenvalue weighted by Gasteiger charge is 2.47. The van der Waals surface area contributed by atoms with Gasteiger partial charge in [-0.2, -0.15) is 0 Å². The van der Waals surface area contributed by atoms with E-state index in [2.05, 4.69) is 16.1 Å². The molecule has 42 heavy (non-hydrogen) atoms. The van der Waals surface area contributed by atoms with Gasteiger partial charge < -0.3 is 24.8 Å². The Bertz CT molecular complexity index is 1800. The highest BCUT2D eigenvalue weighted by molar-refractivity contribution is 6.06. The number of aromatic nitrogens is 2. The molecule has 5 heterocycles. The molecule has 0 aliphatic carbocycles. The number of benzene rings is 2. The van der Waals surface area contributed by atoms with Crippen LogP contribution in [-0.4, -0.2) is 59.6 Å². The summed E-state index contributed by atoms with van der Waals surface area (Å²) < 4.78 is 43.9. The first-order valence-electron chi connectivity index (χ1n) is 14.4. The Balaban J connectivity index is 1.55. The molecular formula is C33H32F2N4O3. The number of hydrogen-bond acceptors (Lipinski definition) is 7. The van der Waals surface area contributed by atoms with Gasteiger partial charge >= 0.3 is 0 Å². The Morgan fingerprint density at radius 2 is 2.02 bits per heavy atom. The van der Waals surface area contributed by atoms with Gasteiger partial charge in [-0.1, -0.05) is 12.0 Å². The number of aryl methyl sites for hydroxylation is 2. The molecule has 4 aromatic rings. The Labute approximate surface area is 242 Å². The van der Waals surface area contributed by atoms with E-state index < -0.39 is 11.6 Å². The maximum Gasteiger partial charge on any atom is 0.226 e. The fourth-order valence-corrected chi connectivity index (χ4v) is 7.26. The number of nitrogens with one attached hydrogen (secondary N) is 1. The Hall–Kier alpha value is -4.00. The minimum absolute atomic E-state index is 0.0153. The topological polar surface area (TPSA) is 79.7 Å². The molecular weight excluding hydrogens is 538 g/mol. The lowest BCUT2D eigenvalue weighted by molar-refractivity contribution is 0.155. The summed E-state index contributed by atoms with van der Waals surface area (Å²) in [6.45, 7) is 5.18. The second-order valence-electron chi connectivity index (χ2n) is 11.6. The van der Waals surface area contributed by atoms with E-state index in [1.54, 1.807) is 7.11 Å². The maximum atomic E-state index is 17.1. The van der Waals surface area contributed by atoms with Gasteiger partial charge in [0, 0.05) is 54.4 Å². The van der Waals surface area contributed by atoms with Gasteiger partial charge in [-0.25, -0.2) is 18.7 Å². The van der Waals surface area contributed by atoms with Crippen molar-refractivity contribution >= 4 is 27.4 Å². The molecule has 2 fully saturated rings. The van der Waals surface area contributed by atoms with Crippen LogP contribution in [0.5, 0.6) is 11.6 Å². The van der Waals surface area contributed by atoms with E-state index in [1.807, 2.05) is 13.8 Å². The third kappa shape index (κ3) is 4.00. The summed E-state index contributed by atoms with van der Waals surface area (Å²) in [7, 11) is 1.66. The number of piperazine rings is 1. The molecule has 0 spiro atoms. The van der Waals surface area contributed by atoms with Crippen LogP contribution in [0.15, 0.2) is 24.3 Å². The van der Waals surface area contributed by atoms with Crippen LogP contribution in [0.25, 0.3) is 32.8 Å². The van der Waals surface area contributed by atoms with Crippen molar-refractivity contribution in [3.63, 3.8) is 0 Å². The van der Waals surface area contributed by atoms with Crippen LogP contribution >= 0.6 is 0 Å². The average Bonchev–Trinajstić information content (AvgIpc) is 3.29. The number of halogens is 2. The molecule has 0 saturated carbocycles. The minimum Gasteiger partial charge on any atom is -0.508 e. The van der Waals surface area contributed by atoms with Gasteiger partial charge in [0.15, 0.2) is 5.82 Å². The summed E-state index contributed by atoms with van der Waals surface area (Å²) >= 11 is 0. The molecule has 2 aromatic heterocycles. The SMILES string of the molecule is C#Cc1c(F)ccc2cc(O)cc(-c3nc4c5c(nc(CCCOC)c(C)c5c3F)N3C[C@H]5CC[C@H](N5)[C@H]3[C@H](C)O4)c12. The molecule has 0 amide bonds. The molecule has 9 heteroatoms. The predicted molar refractivity (Wildman–Crippen MR) is 158 cm³/mol. The molecule has 2 N–H and O–H groups in total. The van der Waals surface area contributed by atoms with E-state index in [0.29, 0.717) is 52.0 Å². The highest BCUT2D eigenvalue weighted by Crippen LogP contribution is 2.47. The van der Waals surface area contributed by atoms with Crippen molar-refractivity contribution in [3.8, 4) is 35.2 Å². The predicted octanol–water partition coefficient (Wildman–Crippen LogP) is 5.39. The molecule has 0 unspecified atom stereocenters. The van der Waals surface area contributed by atoms with E-state index in [9.17, 15) is 9.50 Å². The summed E-state index contributed by atoms with van der Waals surface area (Å²) in [6.07, 6.45) is 8.88. The molecule has 0 radical (unpaired) electrons. The molecule has 216 valence electrons. The Morgan fingerprint density at radius 3 is 2.81 bits per heavy atom. The van der Waals surface area contributed by atoms with Crippen LogP contribution in [0.1, 0.15) is 43.0 Å². The third-order valence-corrected chi connectivity index (χ3v) is 9.11. The minimum atomic E-state index is -0.608. The molecule has 7 nitrogen and oxygen atoms in total. The normalized spacial score (nSPS) is 22.6. The van der Waals surface area contributed by atoms with Crippen LogP contribution in [0.4, 0.5) is 14.6 Å². The van der Waals surface area contributed by atoms with Crippen molar-refractivity contribution in [1.82, 2.24) is 15.3 Å². The monoisotopic (exact) mass is 570 g/mol. The fraction of sp³-hybridized carbons (Fsp3) is 0.394. The fourth-order valence-electron chi connectivity index (χ4n) is 7.26. The summed E-state index contributed by atoms with van der Waals surface area (Å²) in [6, 6.07) is 6.14. The number of ether oxygens (including phenoxy) is 2. The zero-order valence-electron chi connectivity index (χ0n) is 23.8. The summed E-state index contributed by atoms with van der Waals surface area (Å²) in [5, 5.41) is 16.0. The van der Waals surface area contributed by atoms with Crippen molar-refractivity contribution in [2.75, 3.05) is 25.2 Å². The first kappa shape index (κ1) is 26.9. The third-order valence-electron chi connectivity index (χ3n) is 9.11. The number of phenols is 1. The zero-order chi connectivity index (χ0) is 29.3. The lowest BCUT2D eigenvalue weighted by Gasteiger charge is -2.43. The largest absolute Gasteiger partial charge is 0.508 e. The second-order valence-corrected chi connectivity index (χ2v) is 11.6. The van der Waals surface area contributed by atoms with Crippen LogP contribution < -0.4 is 15.0 Å². The van der Waals surface area contributed by atoms with E-state index in [-0.39, 0.29) is 46.6 Å². The van der Waals surface area contributed by atoms with Gasteiger partial charge in [-0.3, -0.25) is 0 Å². The van der Waals surface area contributed by atoms with Crippen LogP contribution in [-0.2, 0) is 11.2 Å². The molecule has 4 atom stereocenters. The number of fused-ring (bicyclic) bond motifs is 6. The van der Waals surface area contributed by atoms with Gasteiger partial charge in [0.2, 0.25) is 5.88 Å². The zero-order valence-corrected chi connectivity index (χ0v) is 23.8. The summed E-state index contributed by atoms with van der Waals surface area (Å²) in [5.41, 5.74) is 1.59. The van der Waals surface area contributed by atoms with Gasteiger partial charge in [-0.05, 0) is 68.7 Å². The highest BCUT2D eigenvalue weighted by atomic mass is 19.1. The van der Waals surface area contributed by atoms with Gasteiger partial charge in [0.25, 0.3) is 0 Å². The van der Waals surface area contributed by atoms with Crippen LogP contribution in [0.2, 0.25) is 0 Å². The van der Waals surface area contributed by atoms with Crippen LogP contribution in [0.3, 0.4) is 0 Å². The smallest absolute Gasteiger partial charge is 0.226 e. The maximum absolute atomic E-state index is 17.1. The number of terminal acetylenes is 1. The number of nitrogens with zero attached hydrogens (tertiary/aromatic N) is 3. The van der Waals surface area contributed by atoms with E-state index >= 15 is 4.39 Å². The molecule has 2 saturated heterocycles. The van der Waals surface area contributed by atoms with Crippen LogP contribution in [0, 0.1) is 30.9 Å². The molecule has 7 rings (SSSR count). The first-order valence-corrected chi connectivity index (χ1v) is 14.4.